The van der Waals surface area contributed by atoms with E-state index in [1.807, 2.05) is 48.5 Å². The molecule has 1 aliphatic rings. The van der Waals surface area contributed by atoms with Gasteiger partial charge in [0.15, 0.2) is 0 Å². The number of carboxylic acids is 1. The summed E-state index contributed by atoms with van der Waals surface area (Å²) in [7, 11) is 0. The molecule has 2 aromatic rings. The number of alkyl carbamates (subject to hydrolysis) is 1. The van der Waals surface area contributed by atoms with E-state index < -0.39 is 36.0 Å². The van der Waals surface area contributed by atoms with Crippen LogP contribution in [0.1, 0.15) is 30.9 Å². The number of rotatable bonds is 8. The molecule has 0 radical (unpaired) electrons. The molecule has 9 nitrogen and oxygen atoms in total. The fourth-order valence-electron chi connectivity index (χ4n) is 3.57. The van der Waals surface area contributed by atoms with Crippen LogP contribution in [0.4, 0.5) is 4.79 Å². The molecule has 0 fully saturated rings. The van der Waals surface area contributed by atoms with Crippen molar-refractivity contribution in [3.63, 3.8) is 0 Å². The molecule has 3 rings (SSSR count). The van der Waals surface area contributed by atoms with Crippen molar-refractivity contribution in [3.8, 4) is 11.1 Å². The lowest BCUT2D eigenvalue weighted by Crippen LogP contribution is -2.55. The highest BCUT2D eigenvalue weighted by atomic mass is 16.6. The minimum absolute atomic E-state index is 0.0114. The van der Waals surface area contributed by atoms with Crippen LogP contribution in [0, 0.1) is 0 Å². The van der Waals surface area contributed by atoms with Gasteiger partial charge in [0.25, 0.3) is 5.91 Å². The number of hydrogen-bond acceptors (Lipinski definition) is 6. The van der Waals surface area contributed by atoms with Gasteiger partial charge in [-0.15, -0.1) is 0 Å². The average molecular weight is 440 g/mol. The first kappa shape index (κ1) is 22.8. The smallest absolute Gasteiger partial charge is 0.408 e. The van der Waals surface area contributed by atoms with Crippen LogP contribution in [0.3, 0.4) is 0 Å². The van der Waals surface area contributed by atoms with Gasteiger partial charge in [-0.25, -0.2) is 9.59 Å². The van der Waals surface area contributed by atoms with Gasteiger partial charge in [0.1, 0.15) is 12.6 Å². The number of nitrogens with one attached hydrogen (secondary N) is 2. The summed E-state index contributed by atoms with van der Waals surface area (Å²) in [6, 6.07) is 12.6. The summed E-state index contributed by atoms with van der Waals surface area (Å²) in [6.45, 7) is 2.74. The number of hydrogen-bond donors (Lipinski definition) is 3. The van der Waals surface area contributed by atoms with Crippen LogP contribution in [0.2, 0.25) is 0 Å². The number of carbonyl (C=O) groups excluding carboxylic acids is 3. The van der Waals surface area contributed by atoms with Crippen molar-refractivity contribution in [1.29, 1.82) is 0 Å². The lowest BCUT2D eigenvalue weighted by Gasteiger charge is -2.19. The zero-order valence-corrected chi connectivity index (χ0v) is 17.7. The molecule has 0 saturated carbocycles. The van der Waals surface area contributed by atoms with Crippen LogP contribution in [-0.2, 0) is 23.9 Å². The lowest BCUT2D eigenvalue weighted by atomic mass is 9.98. The van der Waals surface area contributed by atoms with Crippen molar-refractivity contribution in [2.45, 2.75) is 31.8 Å². The zero-order chi connectivity index (χ0) is 23.3. The monoisotopic (exact) mass is 440 g/mol. The van der Waals surface area contributed by atoms with Crippen LogP contribution in [0.15, 0.2) is 48.5 Å². The van der Waals surface area contributed by atoms with Crippen molar-refractivity contribution in [3.05, 3.63) is 59.7 Å². The first-order chi connectivity index (χ1) is 15.3. The van der Waals surface area contributed by atoms with Gasteiger partial charge in [-0.05, 0) is 36.1 Å². The van der Waals surface area contributed by atoms with Crippen LogP contribution in [0.5, 0.6) is 0 Å². The van der Waals surface area contributed by atoms with E-state index in [-0.39, 0.29) is 19.1 Å². The lowest BCUT2D eigenvalue weighted by molar-refractivity contribution is -0.150. The zero-order valence-electron chi connectivity index (χ0n) is 17.7. The molecule has 168 valence electrons. The van der Waals surface area contributed by atoms with Gasteiger partial charge < -0.3 is 19.9 Å². The van der Waals surface area contributed by atoms with Crippen LogP contribution in [0.25, 0.3) is 11.1 Å². The molecule has 0 bridgehead atoms. The number of esters is 1. The summed E-state index contributed by atoms with van der Waals surface area (Å²) in [4.78, 5) is 47.9. The minimum Gasteiger partial charge on any atom is -0.480 e. The third-order valence-corrected chi connectivity index (χ3v) is 5.12. The summed E-state index contributed by atoms with van der Waals surface area (Å²) >= 11 is 0. The average Bonchev–Trinajstić information content (AvgIpc) is 3.09. The quantitative estimate of drug-likeness (QED) is 0.423. The Bertz CT molecular complexity index is 991. The Hall–Kier alpha value is -3.88. The van der Waals surface area contributed by atoms with E-state index >= 15 is 0 Å². The second-order valence-corrected chi connectivity index (χ2v) is 7.22. The van der Waals surface area contributed by atoms with Gasteiger partial charge in [0.05, 0.1) is 6.61 Å². The normalized spacial score (nSPS) is 13.8. The van der Waals surface area contributed by atoms with Crippen molar-refractivity contribution < 1.29 is 33.8 Å². The summed E-state index contributed by atoms with van der Waals surface area (Å²) < 4.78 is 10.2. The molecule has 32 heavy (non-hydrogen) atoms. The number of carboxylic acid groups (broad SMARTS) is 1. The van der Waals surface area contributed by atoms with Crippen LogP contribution < -0.4 is 10.6 Å². The number of fused-ring (bicyclic) bond motifs is 3. The molecule has 2 unspecified atom stereocenters. The fraction of sp³-hybridized carbons (Fsp3) is 0.304. The molecule has 0 saturated heterocycles. The van der Waals surface area contributed by atoms with E-state index in [1.165, 1.54) is 6.92 Å². The van der Waals surface area contributed by atoms with Crippen molar-refractivity contribution in [1.82, 2.24) is 10.6 Å². The molecule has 3 N–H and O–H groups in total. The maximum absolute atomic E-state index is 12.4. The van der Waals surface area contributed by atoms with Crippen LogP contribution >= 0.6 is 0 Å². The predicted octanol–water partition coefficient (Wildman–Crippen LogP) is 2.05. The first-order valence-electron chi connectivity index (χ1n) is 10.1. The van der Waals surface area contributed by atoms with Gasteiger partial charge in [-0.1, -0.05) is 48.5 Å². The molecule has 1 aliphatic carbocycles. The molecule has 0 aliphatic heterocycles. The van der Waals surface area contributed by atoms with E-state index in [0.29, 0.717) is 0 Å². The maximum atomic E-state index is 12.4. The topological polar surface area (TPSA) is 131 Å². The van der Waals surface area contributed by atoms with Crippen molar-refractivity contribution in [2.24, 2.45) is 0 Å². The minimum atomic E-state index is -1.74. The Balaban J connectivity index is 1.69. The van der Waals surface area contributed by atoms with E-state index in [4.69, 9.17) is 14.6 Å². The number of carbonyl (C=O) groups is 4. The van der Waals surface area contributed by atoms with Gasteiger partial charge >= 0.3 is 18.0 Å². The molecular weight excluding hydrogens is 416 g/mol. The third-order valence-electron chi connectivity index (χ3n) is 5.12. The number of amides is 2. The number of benzene rings is 2. The Morgan fingerprint density at radius 3 is 2.03 bits per heavy atom. The Labute approximate surface area is 184 Å². The molecule has 2 amide bonds. The molecule has 0 heterocycles. The highest BCUT2D eigenvalue weighted by molar-refractivity contribution is 6.05. The molecule has 9 heteroatoms. The Kier molecular flexibility index (Phi) is 7.09. The second kappa shape index (κ2) is 9.95. The molecule has 2 aromatic carbocycles. The van der Waals surface area contributed by atoms with Crippen molar-refractivity contribution in [2.75, 3.05) is 13.2 Å². The largest absolute Gasteiger partial charge is 0.480 e. The fourth-order valence-corrected chi connectivity index (χ4v) is 3.57. The van der Waals surface area contributed by atoms with E-state index in [1.54, 1.807) is 6.92 Å². The molecular formula is C23H24N2O7. The maximum Gasteiger partial charge on any atom is 0.408 e. The molecule has 0 aromatic heterocycles. The molecule has 2 atom stereocenters. The SMILES string of the molecule is CCOC(=O)C(NC(=O)OCC1c2ccccc2-c2ccccc21)C(=O)NC(C)C(=O)O. The summed E-state index contributed by atoms with van der Waals surface area (Å²) in [6.07, 6.45) is -0.997. The molecule has 0 spiro atoms. The van der Waals surface area contributed by atoms with E-state index in [0.717, 1.165) is 22.3 Å². The highest BCUT2D eigenvalue weighted by Crippen LogP contribution is 2.44. The first-order valence-corrected chi connectivity index (χ1v) is 10.1. The third kappa shape index (κ3) is 4.88. The van der Waals surface area contributed by atoms with Gasteiger partial charge in [-0.3, -0.25) is 14.9 Å². The van der Waals surface area contributed by atoms with Gasteiger partial charge in [-0.2, -0.15) is 0 Å². The predicted molar refractivity (Wildman–Crippen MR) is 114 cm³/mol. The summed E-state index contributed by atoms with van der Waals surface area (Å²) in [5.41, 5.74) is 4.14. The van der Waals surface area contributed by atoms with Gasteiger partial charge in [0.2, 0.25) is 6.04 Å². The van der Waals surface area contributed by atoms with Crippen molar-refractivity contribution >= 4 is 23.9 Å². The second-order valence-electron chi connectivity index (χ2n) is 7.22. The highest BCUT2D eigenvalue weighted by Gasteiger charge is 2.33. The van der Waals surface area contributed by atoms with Crippen LogP contribution in [-0.4, -0.2) is 54.3 Å². The van der Waals surface area contributed by atoms with E-state index in [9.17, 15) is 19.2 Å². The Morgan fingerprint density at radius 1 is 0.938 bits per heavy atom. The van der Waals surface area contributed by atoms with Gasteiger partial charge in [0, 0.05) is 5.92 Å². The number of aliphatic carboxylic acids is 1. The standard InChI is InChI=1S/C23H24N2O7/c1-3-31-22(29)19(20(26)24-13(2)21(27)28)25-23(30)32-12-18-16-10-6-4-8-14(16)15-9-5-7-11-17(15)18/h4-11,13,18-19H,3,12H2,1-2H3,(H,24,26)(H,25,30)(H,27,28). The summed E-state index contributed by atoms with van der Waals surface area (Å²) in [5, 5.41) is 13.3. The number of ether oxygens (including phenoxy) is 2. The van der Waals surface area contributed by atoms with E-state index in [2.05, 4.69) is 10.6 Å². The summed E-state index contributed by atoms with van der Waals surface area (Å²) in [5.74, 6) is -3.51. The Morgan fingerprint density at radius 2 is 1.50 bits per heavy atom.